The summed E-state index contributed by atoms with van der Waals surface area (Å²) < 4.78 is 99.1. The number of tetrazole rings is 2. The molecule has 0 atom stereocenters. The molecular weight excluding hydrogens is 1010 g/mol. The predicted molar refractivity (Wildman–Crippen MR) is 221 cm³/mol. The largest absolute Gasteiger partial charge is 0.542 e. The Balaban J connectivity index is 0.000000479. The summed E-state index contributed by atoms with van der Waals surface area (Å²) in [5, 5.41) is 55.5. The summed E-state index contributed by atoms with van der Waals surface area (Å²) in [5.41, 5.74) is 20.8. The average molecular weight is 1040 g/mol. The van der Waals surface area contributed by atoms with Crippen molar-refractivity contribution >= 4 is 40.8 Å². The van der Waals surface area contributed by atoms with E-state index in [9.17, 15) is 39.5 Å². The number of hydrogen-bond acceptors (Lipinski definition) is 13. The molecule has 0 spiro atoms. The molecule has 0 fully saturated rings. The lowest BCUT2D eigenvalue weighted by atomic mass is 9.98. The van der Waals surface area contributed by atoms with Gasteiger partial charge in [-0.3, -0.25) is 4.99 Å². The molecule has 0 saturated heterocycles. The van der Waals surface area contributed by atoms with E-state index in [-0.39, 0.29) is 22.9 Å². The number of hydrogen-bond donors (Lipinski definition) is 4. The van der Waals surface area contributed by atoms with Gasteiger partial charge in [0.15, 0.2) is 5.96 Å². The van der Waals surface area contributed by atoms with Crippen molar-refractivity contribution in [2.75, 3.05) is 6.54 Å². The molecule has 19 nitrogen and oxygen atoms in total. The first-order chi connectivity index (χ1) is 31.9. The summed E-state index contributed by atoms with van der Waals surface area (Å²) in [6.07, 6.45) is -10.6. The van der Waals surface area contributed by atoms with Crippen LogP contribution in [-0.4, -0.2) is 94.8 Å². The second-order valence-corrected chi connectivity index (χ2v) is 13.4. The summed E-state index contributed by atoms with van der Waals surface area (Å²) in [5.74, 6) is -7.80. The monoisotopic (exact) mass is 1040 g/mol. The molecule has 0 bridgehead atoms. The van der Waals surface area contributed by atoms with Gasteiger partial charge in [0, 0.05) is 17.5 Å². The van der Waals surface area contributed by atoms with Gasteiger partial charge in [-0.25, -0.2) is 9.13 Å². The van der Waals surface area contributed by atoms with Crippen LogP contribution in [0, 0.1) is 0 Å². The lowest BCUT2D eigenvalue weighted by Crippen LogP contribution is -2.37. The van der Waals surface area contributed by atoms with Crippen molar-refractivity contribution in [1.29, 1.82) is 0 Å². The summed E-state index contributed by atoms with van der Waals surface area (Å²) in [6.45, 7) is 1.91. The molecule has 7 aromatic rings. The highest BCUT2D eigenvalue weighted by molar-refractivity contribution is 8.93. The number of nitrogens with two attached hydrogens (primary N) is 2. The van der Waals surface area contributed by atoms with Gasteiger partial charge in [0.2, 0.25) is 18.0 Å². The third kappa shape index (κ3) is 17.2. The van der Waals surface area contributed by atoms with Crippen LogP contribution in [0.15, 0.2) is 115 Å². The standard InChI is InChI=1S/C34H32N13.3C2HF3O2.BrH/c35-34(36)37-18-17-27-21-46(19-23-9-13-25(14-10-23)28-5-1-3-7-30(28)32-38-42-43-39-32)22-47(27)20-24-11-15-26(16-12-24)29-6-2-4-8-31(29)33-40-44-45-41-33;3*3-2(4,5)1(6)7;/h1-16,21-22H,17-20H2,(H4,35,36,37)(H,38,39,42,43)(H,40,41,44,45);3*(H,6,7);1H/q+1;;;;/p-3. The molecule has 0 saturated carbocycles. The Labute approximate surface area is 392 Å². The molecule has 4 aromatic carbocycles. The summed E-state index contributed by atoms with van der Waals surface area (Å²) in [7, 11) is 0. The lowest BCUT2D eigenvalue weighted by molar-refractivity contribution is -0.688. The predicted octanol–water partition coefficient (Wildman–Crippen LogP) is 1.86. The third-order valence-electron chi connectivity index (χ3n) is 8.60. The van der Waals surface area contributed by atoms with Crippen LogP contribution in [0.1, 0.15) is 16.8 Å². The molecule has 0 aliphatic heterocycles. The van der Waals surface area contributed by atoms with Crippen LogP contribution in [0.5, 0.6) is 0 Å². The van der Waals surface area contributed by atoms with Crippen LogP contribution in [0.4, 0.5) is 39.5 Å². The summed E-state index contributed by atoms with van der Waals surface area (Å²) in [6, 6.07) is 33.2. The maximum Gasteiger partial charge on any atom is 0.430 e. The highest BCUT2D eigenvalue weighted by Crippen LogP contribution is 2.31. The zero-order valence-corrected chi connectivity index (χ0v) is 36.4. The Morgan fingerprint density at radius 3 is 1.33 bits per heavy atom. The van der Waals surface area contributed by atoms with Gasteiger partial charge in [-0.2, -0.15) is 49.9 Å². The maximum atomic E-state index is 10.5. The molecule has 3 heterocycles. The number of imidazole rings is 1. The van der Waals surface area contributed by atoms with E-state index in [0.717, 1.165) is 39.1 Å². The number of H-pyrrole nitrogens is 2. The van der Waals surface area contributed by atoms with Gasteiger partial charge in [0.05, 0.1) is 6.54 Å². The highest BCUT2D eigenvalue weighted by atomic mass is 79.9. The fourth-order valence-corrected chi connectivity index (χ4v) is 5.69. The summed E-state index contributed by atoms with van der Waals surface area (Å²) >= 11 is 0. The molecule has 0 unspecified atom stereocenters. The molecule has 0 amide bonds. The number of guanidine groups is 1. The zero-order chi connectivity index (χ0) is 50.2. The number of aromatic amines is 2. The smallest absolute Gasteiger partial charge is 0.430 e. The number of carbonyl (C=O) groups is 3. The lowest BCUT2D eigenvalue weighted by Gasteiger charge is -2.08. The molecule has 0 radical (unpaired) electrons. The van der Waals surface area contributed by atoms with Crippen molar-refractivity contribution in [2.24, 2.45) is 16.5 Å². The number of carboxylic acids is 3. The van der Waals surface area contributed by atoms with Crippen LogP contribution < -0.4 is 31.4 Å². The Morgan fingerprint density at radius 1 is 0.609 bits per heavy atom. The number of nitrogens with zero attached hydrogens (tertiary/aromatic N) is 9. The zero-order valence-electron chi connectivity index (χ0n) is 34.7. The van der Waals surface area contributed by atoms with Gasteiger partial charge in [0.25, 0.3) is 0 Å². The topological polar surface area (TPSA) is 303 Å². The number of benzene rings is 4. The van der Waals surface area contributed by atoms with Gasteiger partial charge < -0.3 is 41.2 Å². The normalized spacial score (nSPS) is 11.0. The average Bonchev–Trinajstić information content (AvgIpc) is 4.08. The minimum Gasteiger partial charge on any atom is -0.542 e. The Morgan fingerprint density at radius 2 is 0.986 bits per heavy atom. The van der Waals surface area contributed by atoms with Gasteiger partial charge in [-0.1, -0.05) is 97.1 Å². The number of carbonyl (C=O) groups excluding carboxylic acids is 3. The van der Waals surface area contributed by atoms with Crippen molar-refractivity contribution < 1.29 is 73.8 Å². The fourth-order valence-electron chi connectivity index (χ4n) is 5.69. The van der Waals surface area contributed by atoms with Gasteiger partial charge in [-0.15, -0.1) is 37.4 Å². The van der Waals surface area contributed by atoms with Crippen LogP contribution in [0.2, 0.25) is 0 Å². The molecular formula is C40H33BrF9N13O6-2. The molecule has 69 heavy (non-hydrogen) atoms. The van der Waals surface area contributed by atoms with Crippen LogP contribution in [-0.2, 0) is 33.9 Å². The maximum absolute atomic E-state index is 10.5. The molecule has 366 valence electrons. The van der Waals surface area contributed by atoms with E-state index in [0.29, 0.717) is 37.7 Å². The van der Waals surface area contributed by atoms with E-state index >= 15 is 0 Å². The number of alkyl halides is 9. The molecule has 3 aromatic heterocycles. The van der Waals surface area contributed by atoms with Gasteiger partial charge >= 0.3 is 18.5 Å². The third-order valence-corrected chi connectivity index (χ3v) is 8.60. The number of aromatic nitrogens is 10. The molecule has 29 heteroatoms. The van der Waals surface area contributed by atoms with Crippen molar-refractivity contribution in [1.82, 2.24) is 45.8 Å². The number of halogens is 10. The van der Waals surface area contributed by atoms with Crippen LogP contribution in [0.3, 0.4) is 0 Å². The SMILES string of the molecule is Br.NC(N)=NCCc1c[n+](Cc2ccc(-c3ccccc3-c3nn[nH]n3)cc2)cn1Cc1ccc(-c2ccccc2-c2nn[nH]n2)cc1.O=C([O-])C(F)(F)F.O=C([O-])C(F)(F)F.O=C([O-])C(F)(F)F. The Kier molecular flexibility index (Phi) is 19.6. The quantitative estimate of drug-likeness (QED) is 0.0623. The Hall–Kier alpha value is -8.24. The first kappa shape index (κ1) is 55.1. The van der Waals surface area contributed by atoms with Gasteiger partial charge in [0.1, 0.15) is 42.9 Å². The molecule has 0 aliphatic carbocycles. The van der Waals surface area contributed by atoms with E-state index in [2.05, 4.69) is 129 Å². The van der Waals surface area contributed by atoms with Crippen molar-refractivity contribution in [3.63, 3.8) is 0 Å². The number of nitrogens with one attached hydrogen (secondary N) is 2. The first-order valence-electron chi connectivity index (χ1n) is 18.8. The van der Waals surface area contributed by atoms with Gasteiger partial charge in [-0.05, 0) is 43.8 Å². The first-order valence-corrected chi connectivity index (χ1v) is 18.8. The van der Waals surface area contributed by atoms with Crippen LogP contribution in [0.25, 0.3) is 45.0 Å². The second-order valence-electron chi connectivity index (χ2n) is 13.4. The fraction of sp³-hybridized carbons (Fsp3) is 0.175. The van der Waals surface area contributed by atoms with E-state index in [1.807, 2.05) is 36.4 Å². The summed E-state index contributed by atoms with van der Waals surface area (Å²) in [4.78, 5) is 30.6. The number of rotatable bonds is 11. The van der Waals surface area contributed by atoms with E-state index in [1.54, 1.807) is 0 Å². The van der Waals surface area contributed by atoms with Crippen molar-refractivity contribution in [2.45, 2.75) is 38.0 Å². The van der Waals surface area contributed by atoms with Crippen molar-refractivity contribution in [3.8, 4) is 45.0 Å². The molecule has 0 aliphatic rings. The van der Waals surface area contributed by atoms with Crippen LogP contribution >= 0.6 is 17.0 Å². The molecule has 7 rings (SSSR count). The minimum atomic E-state index is -5.19. The number of aliphatic imine (C=N–C) groups is 1. The van der Waals surface area contributed by atoms with E-state index in [4.69, 9.17) is 41.2 Å². The number of carboxylic acid groups (broad SMARTS) is 3. The minimum absolute atomic E-state index is 0. The van der Waals surface area contributed by atoms with E-state index in [1.165, 1.54) is 11.1 Å². The number of aliphatic carboxylic acids is 3. The molecule has 6 N–H and O–H groups in total. The highest BCUT2D eigenvalue weighted by Gasteiger charge is 2.30. The van der Waals surface area contributed by atoms with Crippen molar-refractivity contribution in [3.05, 3.63) is 126 Å². The van der Waals surface area contributed by atoms with E-state index < -0.39 is 36.4 Å². The Bertz CT molecular complexity index is 2710. The second kappa shape index (κ2) is 24.5.